The van der Waals surface area contributed by atoms with Crippen LogP contribution in [-0.4, -0.2) is 48.8 Å². The fourth-order valence-electron chi connectivity index (χ4n) is 4.34. The minimum Gasteiger partial charge on any atom is -0.395 e. The van der Waals surface area contributed by atoms with Crippen molar-refractivity contribution >= 4 is 15.9 Å². The molecule has 0 radical (unpaired) electrons. The monoisotopic (exact) mass is 435 g/mol. The highest BCUT2D eigenvalue weighted by atomic mass is 32.2. The summed E-state index contributed by atoms with van der Waals surface area (Å²) in [5.41, 5.74) is 11.4. The van der Waals surface area contributed by atoms with Gasteiger partial charge in [-0.15, -0.1) is 0 Å². The third-order valence-corrected chi connectivity index (χ3v) is 7.76. The molecule has 0 aliphatic carbocycles. The average molecular weight is 435 g/mol. The van der Waals surface area contributed by atoms with Crippen LogP contribution in [0.4, 0.5) is 8.78 Å². The largest absolute Gasteiger partial charge is 0.395 e. The number of halogens is 2. The summed E-state index contributed by atoms with van der Waals surface area (Å²) in [5.74, 6) is -2.66. The molecule has 0 aromatic heterocycles. The summed E-state index contributed by atoms with van der Waals surface area (Å²) in [4.78, 5) is 4.20. The lowest BCUT2D eigenvalue weighted by Crippen LogP contribution is -2.38. The third-order valence-electron chi connectivity index (χ3n) is 5.86. The first-order valence-corrected chi connectivity index (χ1v) is 11.0. The maximum absolute atomic E-state index is 13.8. The molecule has 30 heavy (non-hydrogen) atoms. The minimum atomic E-state index is -4.17. The molecule has 160 valence electrons. The number of alkyl halides is 2. The van der Waals surface area contributed by atoms with Crippen LogP contribution in [-0.2, 0) is 16.6 Å². The number of aliphatic hydroxyl groups is 1. The Morgan fingerprint density at radius 3 is 2.60 bits per heavy atom. The van der Waals surface area contributed by atoms with Crippen molar-refractivity contribution in [1.82, 2.24) is 4.31 Å². The molecular weight excluding hydrogens is 412 g/mol. The molecule has 1 atom stereocenters. The second-order valence-corrected chi connectivity index (χ2v) is 9.79. The van der Waals surface area contributed by atoms with Crippen LogP contribution in [0.15, 0.2) is 40.2 Å². The van der Waals surface area contributed by atoms with Crippen LogP contribution in [0.2, 0.25) is 0 Å². The summed E-state index contributed by atoms with van der Waals surface area (Å²) in [7, 11) is -4.17. The predicted octanol–water partition coefficient (Wildman–Crippen LogP) is 2.58. The Labute approximate surface area is 174 Å². The summed E-state index contributed by atoms with van der Waals surface area (Å²) in [5, 5.41) is 9.40. The van der Waals surface area contributed by atoms with Crippen LogP contribution in [0, 0.1) is 13.8 Å². The average Bonchev–Trinajstić information content (AvgIpc) is 3.22. The highest BCUT2D eigenvalue weighted by Gasteiger charge is 2.49. The van der Waals surface area contributed by atoms with E-state index in [1.807, 2.05) is 19.1 Å². The third kappa shape index (κ3) is 3.30. The zero-order valence-corrected chi connectivity index (χ0v) is 17.5. The number of sulfonamides is 1. The topological polar surface area (TPSA) is 96.0 Å². The second-order valence-electron chi connectivity index (χ2n) is 7.90. The first kappa shape index (κ1) is 20.9. The maximum atomic E-state index is 13.8. The van der Waals surface area contributed by atoms with Gasteiger partial charge in [0.2, 0.25) is 10.0 Å². The van der Waals surface area contributed by atoms with E-state index in [0.29, 0.717) is 22.2 Å². The number of hydrogen-bond acceptors (Lipinski definition) is 5. The number of fused-ring (bicyclic) bond motifs is 1. The van der Waals surface area contributed by atoms with Crippen molar-refractivity contribution in [3.05, 3.63) is 52.6 Å². The summed E-state index contributed by atoms with van der Waals surface area (Å²) in [6.45, 7) is 2.70. The molecular formula is C21H23F2N3O3S. The Hall–Kier alpha value is -2.36. The van der Waals surface area contributed by atoms with Crippen LogP contribution in [0.5, 0.6) is 0 Å². The Bertz CT molecular complexity index is 1160. The molecule has 1 fully saturated rings. The van der Waals surface area contributed by atoms with Crippen molar-refractivity contribution < 1.29 is 22.3 Å². The molecule has 2 aromatic carbocycles. The SMILES string of the molecule is Cc1cc(S(=O)(=O)N2CC(F)(F)C[C@@H]2CO)ccc1-c1ccc2c(c1C)C(N)=NC2. The van der Waals surface area contributed by atoms with Crippen molar-refractivity contribution in [2.45, 2.75) is 43.7 Å². The molecule has 2 aromatic rings. The van der Waals surface area contributed by atoms with E-state index >= 15 is 0 Å². The summed E-state index contributed by atoms with van der Waals surface area (Å²) >= 11 is 0. The van der Waals surface area contributed by atoms with Gasteiger partial charge in [0.25, 0.3) is 5.92 Å². The van der Waals surface area contributed by atoms with Gasteiger partial charge in [0.05, 0.1) is 30.6 Å². The number of nitrogens with two attached hydrogens (primary N) is 1. The number of aliphatic imine (C=N–C) groups is 1. The molecule has 1 saturated heterocycles. The number of benzene rings is 2. The van der Waals surface area contributed by atoms with Gasteiger partial charge in [-0.1, -0.05) is 18.2 Å². The number of amidine groups is 1. The van der Waals surface area contributed by atoms with Gasteiger partial charge in [-0.05, 0) is 53.8 Å². The zero-order valence-electron chi connectivity index (χ0n) is 16.7. The molecule has 4 rings (SSSR count). The van der Waals surface area contributed by atoms with Crippen LogP contribution in [0.25, 0.3) is 11.1 Å². The smallest absolute Gasteiger partial charge is 0.263 e. The Balaban J connectivity index is 1.73. The summed E-state index contributed by atoms with van der Waals surface area (Å²) < 4.78 is 54.3. The van der Waals surface area contributed by atoms with Crippen molar-refractivity contribution in [1.29, 1.82) is 0 Å². The first-order valence-electron chi connectivity index (χ1n) is 9.59. The molecule has 6 nitrogen and oxygen atoms in total. The molecule has 0 spiro atoms. The van der Waals surface area contributed by atoms with Crippen molar-refractivity contribution in [3.8, 4) is 11.1 Å². The van der Waals surface area contributed by atoms with E-state index in [1.54, 1.807) is 13.0 Å². The van der Waals surface area contributed by atoms with E-state index in [0.717, 1.165) is 27.8 Å². The lowest BCUT2D eigenvalue weighted by Gasteiger charge is -2.22. The van der Waals surface area contributed by atoms with Gasteiger partial charge >= 0.3 is 0 Å². The van der Waals surface area contributed by atoms with Gasteiger partial charge in [0, 0.05) is 12.0 Å². The lowest BCUT2D eigenvalue weighted by atomic mass is 9.91. The molecule has 3 N–H and O–H groups in total. The summed E-state index contributed by atoms with van der Waals surface area (Å²) in [6.07, 6.45) is -0.683. The van der Waals surface area contributed by atoms with Gasteiger partial charge in [0.15, 0.2) is 0 Å². The van der Waals surface area contributed by atoms with E-state index in [-0.39, 0.29) is 4.90 Å². The van der Waals surface area contributed by atoms with Gasteiger partial charge in [-0.25, -0.2) is 17.2 Å². The van der Waals surface area contributed by atoms with E-state index in [4.69, 9.17) is 5.73 Å². The lowest BCUT2D eigenvalue weighted by molar-refractivity contribution is 0.0161. The fraction of sp³-hybridized carbons (Fsp3) is 0.381. The molecule has 0 unspecified atom stereocenters. The van der Waals surface area contributed by atoms with E-state index in [9.17, 15) is 22.3 Å². The second kappa shape index (κ2) is 7.11. The van der Waals surface area contributed by atoms with E-state index < -0.39 is 41.6 Å². The Morgan fingerprint density at radius 2 is 1.93 bits per heavy atom. The highest BCUT2D eigenvalue weighted by molar-refractivity contribution is 7.89. The quantitative estimate of drug-likeness (QED) is 0.772. The molecule has 2 aliphatic heterocycles. The molecule has 2 heterocycles. The Kier molecular flexibility index (Phi) is 4.95. The van der Waals surface area contributed by atoms with E-state index in [1.165, 1.54) is 12.1 Å². The number of rotatable bonds is 4. The molecule has 9 heteroatoms. The van der Waals surface area contributed by atoms with Crippen molar-refractivity contribution in [2.75, 3.05) is 13.2 Å². The standard InChI is InChI=1S/C21H23F2N3O3S/c1-12-7-16(30(28,29)26-11-21(22,23)8-15(26)10-27)4-6-17(12)18-5-3-14-9-25-20(24)19(14)13(18)2/h3-7,15,27H,8-11H2,1-2H3,(H2,24,25)/t15-/m1/s1. The zero-order chi connectivity index (χ0) is 21.8. The van der Waals surface area contributed by atoms with Crippen molar-refractivity contribution in [3.63, 3.8) is 0 Å². The minimum absolute atomic E-state index is 0.0696. The Morgan fingerprint density at radius 1 is 1.23 bits per heavy atom. The fourth-order valence-corrected chi connectivity index (χ4v) is 6.07. The number of nitrogens with zero attached hydrogens (tertiary/aromatic N) is 2. The van der Waals surface area contributed by atoms with Crippen LogP contribution in [0.3, 0.4) is 0 Å². The van der Waals surface area contributed by atoms with Crippen molar-refractivity contribution in [2.24, 2.45) is 10.7 Å². The van der Waals surface area contributed by atoms with Gasteiger partial charge < -0.3 is 10.8 Å². The highest BCUT2D eigenvalue weighted by Crippen LogP contribution is 2.37. The molecule has 2 aliphatic rings. The van der Waals surface area contributed by atoms with Crippen LogP contribution < -0.4 is 5.73 Å². The van der Waals surface area contributed by atoms with E-state index in [2.05, 4.69) is 4.99 Å². The van der Waals surface area contributed by atoms with Gasteiger partial charge in [-0.3, -0.25) is 4.99 Å². The number of hydrogen-bond donors (Lipinski definition) is 2. The number of aryl methyl sites for hydroxylation is 1. The van der Waals surface area contributed by atoms with Crippen LogP contribution >= 0.6 is 0 Å². The predicted molar refractivity (Wildman–Crippen MR) is 110 cm³/mol. The molecule has 0 saturated carbocycles. The first-order chi connectivity index (χ1) is 14.0. The van der Waals surface area contributed by atoms with Gasteiger partial charge in [-0.2, -0.15) is 4.31 Å². The molecule has 0 amide bonds. The van der Waals surface area contributed by atoms with Gasteiger partial charge in [0.1, 0.15) is 5.84 Å². The number of aliphatic hydroxyl groups excluding tert-OH is 1. The normalized spacial score (nSPS) is 21.0. The summed E-state index contributed by atoms with van der Waals surface area (Å²) in [6, 6.07) is 7.38. The maximum Gasteiger partial charge on any atom is 0.263 e. The van der Waals surface area contributed by atoms with Crippen LogP contribution in [0.1, 0.15) is 28.7 Å². The molecule has 0 bridgehead atoms.